The third kappa shape index (κ3) is 3.78. The van der Waals surface area contributed by atoms with Crippen LogP contribution in [0, 0.1) is 5.82 Å². The minimum absolute atomic E-state index is 0.339. The van der Waals surface area contributed by atoms with E-state index in [2.05, 4.69) is 44.5 Å². The Balaban J connectivity index is 1.51. The van der Waals surface area contributed by atoms with Gasteiger partial charge in [0.25, 0.3) is 0 Å². The Hall–Kier alpha value is -3.83. The molecule has 0 spiro atoms. The predicted molar refractivity (Wildman–Crippen MR) is 135 cm³/mol. The summed E-state index contributed by atoms with van der Waals surface area (Å²) < 4.78 is 14.7. The van der Waals surface area contributed by atoms with E-state index in [-0.39, 0.29) is 5.82 Å². The summed E-state index contributed by atoms with van der Waals surface area (Å²) in [5.41, 5.74) is 7.79. The smallest absolute Gasteiger partial charge is 0.160 e. The number of halogens is 2. The second-order valence-electron chi connectivity index (χ2n) is 8.42. The molecule has 1 N–H and O–H groups in total. The van der Waals surface area contributed by atoms with Gasteiger partial charge in [-0.15, -0.1) is 0 Å². The average Bonchev–Trinajstić information content (AvgIpc) is 2.89. The standard InChI is InChI=1S/C28H20ClFN4/c29-21-7-8-25(30)24(13-21)27-14-23(22-4-2-10-33-28(22)34-27)20-11-19(15-31-16-20)18-6-5-17-3-1-9-32-26(17)12-18/h2,4-8,10-16,32H,1,3,9H2. The summed E-state index contributed by atoms with van der Waals surface area (Å²) in [5, 5.41) is 4.82. The number of aryl methyl sites for hydroxylation is 1. The minimum Gasteiger partial charge on any atom is -0.385 e. The van der Waals surface area contributed by atoms with Crippen molar-refractivity contribution >= 4 is 28.3 Å². The van der Waals surface area contributed by atoms with E-state index in [1.807, 2.05) is 30.6 Å². The fourth-order valence-corrected chi connectivity index (χ4v) is 4.69. The van der Waals surface area contributed by atoms with Crippen molar-refractivity contribution < 1.29 is 4.39 Å². The van der Waals surface area contributed by atoms with Gasteiger partial charge in [0.15, 0.2) is 5.65 Å². The molecule has 6 rings (SSSR count). The molecular weight excluding hydrogens is 447 g/mol. The molecule has 0 aliphatic carbocycles. The van der Waals surface area contributed by atoms with Crippen molar-refractivity contribution in [2.45, 2.75) is 12.8 Å². The summed E-state index contributed by atoms with van der Waals surface area (Å²) >= 11 is 6.16. The van der Waals surface area contributed by atoms with Gasteiger partial charge in [-0.2, -0.15) is 0 Å². The Morgan fingerprint density at radius 2 is 1.79 bits per heavy atom. The highest BCUT2D eigenvalue weighted by atomic mass is 35.5. The lowest BCUT2D eigenvalue weighted by Gasteiger charge is -2.19. The van der Waals surface area contributed by atoms with Crippen LogP contribution in [0.5, 0.6) is 0 Å². The molecule has 1 aliphatic rings. The first kappa shape index (κ1) is 20.8. The van der Waals surface area contributed by atoms with E-state index in [0.717, 1.165) is 47.0 Å². The molecule has 4 heterocycles. The van der Waals surface area contributed by atoms with E-state index < -0.39 is 0 Å². The monoisotopic (exact) mass is 466 g/mol. The number of nitrogens with zero attached hydrogens (tertiary/aromatic N) is 3. The van der Waals surface area contributed by atoms with Crippen LogP contribution in [0.25, 0.3) is 44.5 Å². The molecule has 5 aromatic rings. The first-order valence-corrected chi connectivity index (χ1v) is 11.6. The molecule has 0 saturated heterocycles. The molecule has 0 unspecified atom stereocenters. The quantitative estimate of drug-likeness (QED) is 0.306. The van der Waals surface area contributed by atoms with E-state index in [4.69, 9.17) is 11.6 Å². The summed E-state index contributed by atoms with van der Waals surface area (Å²) in [5.74, 6) is -0.383. The number of nitrogens with one attached hydrogen (secondary N) is 1. The number of aromatic nitrogens is 3. The SMILES string of the molecule is Fc1ccc(Cl)cc1-c1cc(-c2cncc(-c3ccc4c(c3)NCCC4)c2)c2cccnc2n1. The molecule has 0 fully saturated rings. The van der Waals surface area contributed by atoms with Gasteiger partial charge >= 0.3 is 0 Å². The maximum Gasteiger partial charge on any atom is 0.160 e. The van der Waals surface area contributed by atoms with Crippen molar-refractivity contribution in [3.63, 3.8) is 0 Å². The summed E-state index contributed by atoms with van der Waals surface area (Å²) in [6.45, 7) is 0.994. The number of pyridine rings is 3. The van der Waals surface area contributed by atoms with Crippen LogP contribution in [0.15, 0.2) is 79.3 Å². The highest BCUT2D eigenvalue weighted by molar-refractivity contribution is 6.30. The summed E-state index contributed by atoms with van der Waals surface area (Å²) in [4.78, 5) is 13.6. The zero-order valence-electron chi connectivity index (χ0n) is 18.2. The molecular formula is C28H20ClFN4. The maximum absolute atomic E-state index is 14.7. The summed E-state index contributed by atoms with van der Waals surface area (Å²) in [7, 11) is 0. The van der Waals surface area contributed by atoms with Gasteiger partial charge in [0.05, 0.1) is 5.69 Å². The van der Waals surface area contributed by atoms with Crippen molar-refractivity contribution in [1.82, 2.24) is 15.0 Å². The Kier molecular flexibility index (Phi) is 5.19. The van der Waals surface area contributed by atoms with Gasteiger partial charge in [-0.05, 0) is 78.1 Å². The van der Waals surface area contributed by atoms with Gasteiger partial charge in [0.2, 0.25) is 0 Å². The van der Waals surface area contributed by atoms with E-state index in [1.54, 1.807) is 12.3 Å². The van der Waals surface area contributed by atoms with Crippen molar-refractivity contribution in [2.24, 2.45) is 0 Å². The van der Waals surface area contributed by atoms with Gasteiger partial charge in [-0.25, -0.2) is 14.4 Å². The number of anilines is 1. The first-order chi connectivity index (χ1) is 16.7. The number of hydrogen-bond acceptors (Lipinski definition) is 4. The number of benzene rings is 2. The molecule has 3 aromatic heterocycles. The third-order valence-electron chi connectivity index (χ3n) is 6.22. The molecule has 1 aliphatic heterocycles. The third-order valence-corrected chi connectivity index (χ3v) is 6.45. The van der Waals surface area contributed by atoms with Crippen molar-refractivity contribution in [3.05, 3.63) is 95.7 Å². The topological polar surface area (TPSA) is 50.7 Å². The van der Waals surface area contributed by atoms with Gasteiger partial charge in [0.1, 0.15) is 5.82 Å². The second kappa shape index (κ2) is 8.50. The largest absolute Gasteiger partial charge is 0.385 e. The van der Waals surface area contributed by atoms with Crippen molar-refractivity contribution in [3.8, 4) is 33.5 Å². The van der Waals surface area contributed by atoms with Crippen LogP contribution in [-0.2, 0) is 6.42 Å². The lowest BCUT2D eigenvalue weighted by atomic mass is 9.96. The first-order valence-electron chi connectivity index (χ1n) is 11.2. The molecule has 0 amide bonds. The molecule has 34 heavy (non-hydrogen) atoms. The average molecular weight is 467 g/mol. The number of hydrogen-bond donors (Lipinski definition) is 1. The molecule has 0 radical (unpaired) electrons. The zero-order chi connectivity index (χ0) is 23.1. The van der Waals surface area contributed by atoms with Gasteiger partial charge in [-0.1, -0.05) is 23.7 Å². The van der Waals surface area contributed by atoms with Gasteiger partial charge in [-0.3, -0.25) is 4.98 Å². The zero-order valence-corrected chi connectivity index (χ0v) is 19.0. The number of fused-ring (bicyclic) bond motifs is 2. The molecule has 0 atom stereocenters. The second-order valence-corrected chi connectivity index (χ2v) is 8.85. The van der Waals surface area contributed by atoms with Crippen molar-refractivity contribution in [1.29, 1.82) is 0 Å². The normalized spacial score (nSPS) is 12.9. The molecule has 4 nitrogen and oxygen atoms in total. The van der Waals surface area contributed by atoms with Crippen LogP contribution >= 0.6 is 11.6 Å². The minimum atomic E-state index is -0.383. The van der Waals surface area contributed by atoms with Gasteiger partial charge < -0.3 is 5.32 Å². The lowest BCUT2D eigenvalue weighted by molar-refractivity contribution is 0.631. The Labute approximate surface area is 201 Å². The fourth-order valence-electron chi connectivity index (χ4n) is 4.51. The molecule has 0 bridgehead atoms. The van der Waals surface area contributed by atoms with E-state index in [1.165, 1.54) is 23.4 Å². The Morgan fingerprint density at radius 1 is 0.882 bits per heavy atom. The van der Waals surface area contributed by atoms with Crippen LogP contribution in [-0.4, -0.2) is 21.5 Å². The fraction of sp³-hybridized carbons (Fsp3) is 0.107. The molecule has 2 aromatic carbocycles. The van der Waals surface area contributed by atoms with Crippen LogP contribution in [0.3, 0.4) is 0 Å². The van der Waals surface area contributed by atoms with E-state index >= 15 is 0 Å². The predicted octanol–water partition coefficient (Wildman–Crippen LogP) is 7.18. The summed E-state index contributed by atoms with van der Waals surface area (Å²) in [6, 6.07) is 18.8. The van der Waals surface area contributed by atoms with Crippen LogP contribution < -0.4 is 5.32 Å². The Morgan fingerprint density at radius 3 is 2.74 bits per heavy atom. The van der Waals surface area contributed by atoms with Gasteiger partial charge in [0, 0.05) is 57.9 Å². The lowest BCUT2D eigenvalue weighted by Crippen LogP contribution is -2.11. The number of rotatable bonds is 3. The molecule has 166 valence electrons. The maximum atomic E-state index is 14.7. The van der Waals surface area contributed by atoms with E-state index in [0.29, 0.717) is 21.9 Å². The van der Waals surface area contributed by atoms with Crippen molar-refractivity contribution in [2.75, 3.05) is 11.9 Å². The highest BCUT2D eigenvalue weighted by Crippen LogP contribution is 2.35. The highest BCUT2D eigenvalue weighted by Gasteiger charge is 2.15. The van der Waals surface area contributed by atoms with Crippen LogP contribution in [0.1, 0.15) is 12.0 Å². The van der Waals surface area contributed by atoms with Crippen LogP contribution in [0.2, 0.25) is 5.02 Å². The molecule has 6 heteroatoms. The van der Waals surface area contributed by atoms with E-state index in [9.17, 15) is 4.39 Å². The Bertz CT molecular complexity index is 1550. The summed E-state index contributed by atoms with van der Waals surface area (Å²) in [6.07, 6.45) is 7.63. The van der Waals surface area contributed by atoms with Crippen LogP contribution in [0.4, 0.5) is 10.1 Å². The molecule has 0 saturated carbocycles.